The summed E-state index contributed by atoms with van der Waals surface area (Å²) in [5.41, 5.74) is 1.19. The molecule has 0 saturated carbocycles. The van der Waals surface area contributed by atoms with Gasteiger partial charge in [0.15, 0.2) is 17.4 Å². The molecule has 228 valence electrons. The molecule has 1 N–H and O–H groups in total. The molecule has 0 spiro atoms. The maximum Gasteiger partial charge on any atom is 0.416 e. The first-order chi connectivity index (χ1) is 20.5. The van der Waals surface area contributed by atoms with Crippen LogP contribution in [0.1, 0.15) is 56.6 Å². The Balaban J connectivity index is 1.20. The van der Waals surface area contributed by atoms with Crippen LogP contribution in [-0.4, -0.2) is 63.6 Å². The quantitative estimate of drug-likeness (QED) is 0.383. The molecule has 2 atom stereocenters. The van der Waals surface area contributed by atoms with Gasteiger partial charge in [0.05, 0.1) is 48.1 Å². The van der Waals surface area contributed by atoms with Gasteiger partial charge < -0.3 is 19.7 Å². The molecule has 0 unspecified atom stereocenters. The van der Waals surface area contributed by atoms with E-state index in [2.05, 4.69) is 30.2 Å². The van der Waals surface area contributed by atoms with E-state index in [1.54, 1.807) is 30.3 Å². The average molecular weight is 598 g/mol. The topological polar surface area (TPSA) is 106 Å². The van der Waals surface area contributed by atoms with E-state index in [0.29, 0.717) is 48.3 Å². The van der Waals surface area contributed by atoms with E-state index in [-0.39, 0.29) is 23.5 Å². The van der Waals surface area contributed by atoms with E-state index >= 15 is 0 Å². The van der Waals surface area contributed by atoms with Crippen molar-refractivity contribution in [3.8, 4) is 11.4 Å². The Hall–Kier alpha value is -3.84. The van der Waals surface area contributed by atoms with Gasteiger partial charge in [0.1, 0.15) is 11.5 Å². The van der Waals surface area contributed by atoms with Gasteiger partial charge in [-0.1, -0.05) is 12.1 Å². The number of rotatable bonds is 6. The van der Waals surface area contributed by atoms with Gasteiger partial charge in [0.25, 0.3) is 0 Å². The van der Waals surface area contributed by atoms with Crippen LogP contribution >= 0.6 is 0 Å². The third-order valence-corrected chi connectivity index (χ3v) is 7.96. The number of anilines is 3. The molecule has 3 aromatic rings. The molecule has 1 aromatic carbocycles. The highest BCUT2D eigenvalue weighted by Crippen LogP contribution is 2.41. The molecular weight excluding hydrogens is 563 g/mol. The minimum atomic E-state index is -4.50. The maximum atomic E-state index is 13.7. The number of benzene rings is 1. The zero-order valence-corrected chi connectivity index (χ0v) is 24.3. The number of aryl methyl sites for hydroxylation is 2. The van der Waals surface area contributed by atoms with Gasteiger partial charge in [-0.15, -0.1) is 0 Å². The highest BCUT2D eigenvalue weighted by molar-refractivity contribution is 6.04. The number of fused-ring (bicyclic) bond motifs is 4. The van der Waals surface area contributed by atoms with Crippen LogP contribution in [0.2, 0.25) is 0 Å². The summed E-state index contributed by atoms with van der Waals surface area (Å²) in [5.74, 6) is 0.631. The number of aromatic nitrogens is 4. The van der Waals surface area contributed by atoms with Crippen molar-refractivity contribution in [3.05, 3.63) is 53.7 Å². The fourth-order valence-electron chi connectivity index (χ4n) is 5.98. The fraction of sp³-hybridized carbons (Fsp3) is 0.500. The molecule has 2 saturated heterocycles. The third-order valence-electron chi connectivity index (χ3n) is 7.96. The van der Waals surface area contributed by atoms with Crippen molar-refractivity contribution in [2.75, 3.05) is 34.8 Å². The van der Waals surface area contributed by atoms with Crippen molar-refractivity contribution in [1.29, 1.82) is 0 Å². The van der Waals surface area contributed by atoms with E-state index in [0.717, 1.165) is 44.4 Å². The summed E-state index contributed by atoms with van der Waals surface area (Å²) in [6.45, 7) is 7.58. The Bertz CT molecular complexity index is 1500. The molecule has 3 aliphatic heterocycles. The third kappa shape index (κ3) is 6.28. The standard InChI is InChI=1S/C30H34F3N7O3/c1-18-25-27(38-26(36-18)19-7-4-8-20(13-19)30(31,32)33)40(22-9-6-12-39(25)16-22)28(41)37-21-14-34-24(35-15-21)11-5-10-23-17-42-29(2,3)43-23/h4,7-8,13-15,22-23H,5-6,9-12,16-17H2,1-3H3,(H,37,41)/t22-,23-/m0/s1. The lowest BCUT2D eigenvalue weighted by Gasteiger charge is -2.46. The van der Waals surface area contributed by atoms with Crippen LogP contribution in [0.15, 0.2) is 36.7 Å². The van der Waals surface area contributed by atoms with Gasteiger partial charge >= 0.3 is 12.2 Å². The summed E-state index contributed by atoms with van der Waals surface area (Å²) < 4.78 is 51.7. The summed E-state index contributed by atoms with van der Waals surface area (Å²) in [5, 5.41) is 2.90. The first-order valence-corrected chi connectivity index (χ1v) is 14.5. The van der Waals surface area contributed by atoms with Crippen molar-refractivity contribution in [2.45, 2.75) is 77.0 Å². The van der Waals surface area contributed by atoms with Crippen molar-refractivity contribution in [1.82, 2.24) is 19.9 Å². The van der Waals surface area contributed by atoms with E-state index < -0.39 is 23.6 Å². The van der Waals surface area contributed by atoms with E-state index in [9.17, 15) is 18.0 Å². The SMILES string of the molecule is Cc1nc(-c2cccc(C(F)(F)F)c2)nc2c1N1CCC[C@@H](C1)N2C(=O)Nc1cnc(CCC[C@H]2COC(C)(C)O2)nc1. The number of carbonyl (C=O) groups is 1. The van der Waals surface area contributed by atoms with Gasteiger partial charge in [0.2, 0.25) is 0 Å². The number of hydrogen-bond acceptors (Lipinski definition) is 8. The van der Waals surface area contributed by atoms with Crippen molar-refractivity contribution in [3.63, 3.8) is 0 Å². The Kier molecular flexibility index (Phi) is 7.71. The van der Waals surface area contributed by atoms with Gasteiger partial charge in [-0.3, -0.25) is 4.90 Å². The highest BCUT2D eigenvalue weighted by Gasteiger charge is 2.40. The second-order valence-corrected chi connectivity index (χ2v) is 11.7. The molecule has 13 heteroatoms. The van der Waals surface area contributed by atoms with Crippen LogP contribution in [0.4, 0.5) is 35.2 Å². The Morgan fingerprint density at radius 2 is 1.98 bits per heavy atom. The lowest BCUT2D eigenvalue weighted by Crippen LogP contribution is -2.56. The molecule has 2 aromatic heterocycles. The zero-order valence-electron chi connectivity index (χ0n) is 24.3. The van der Waals surface area contributed by atoms with Crippen LogP contribution in [0.25, 0.3) is 11.4 Å². The van der Waals surface area contributed by atoms with E-state index in [1.807, 2.05) is 13.8 Å². The monoisotopic (exact) mass is 597 g/mol. The average Bonchev–Trinajstić information content (AvgIpc) is 3.31. The summed E-state index contributed by atoms with van der Waals surface area (Å²) in [4.78, 5) is 35.6. The predicted octanol–water partition coefficient (Wildman–Crippen LogP) is 5.76. The molecule has 6 rings (SSSR count). The van der Waals surface area contributed by atoms with Crippen LogP contribution in [0, 0.1) is 6.92 Å². The number of hydrogen-bond donors (Lipinski definition) is 1. The molecule has 2 bridgehead atoms. The smallest absolute Gasteiger partial charge is 0.365 e. The van der Waals surface area contributed by atoms with Crippen LogP contribution in [0.3, 0.4) is 0 Å². The number of halogens is 3. The molecule has 2 amide bonds. The molecule has 0 radical (unpaired) electrons. The molecule has 10 nitrogen and oxygen atoms in total. The fourth-order valence-corrected chi connectivity index (χ4v) is 5.98. The van der Waals surface area contributed by atoms with Gasteiger partial charge in [-0.05, 0) is 58.6 Å². The Morgan fingerprint density at radius 3 is 2.70 bits per heavy atom. The second-order valence-electron chi connectivity index (χ2n) is 11.7. The number of nitrogens with one attached hydrogen (secondary N) is 1. The highest BCUT2D eigenvalue weighted by atomic mass is 19.4. The zero-order chi connectivity index (χ0) is 30.4. The first kappa shape index (κ1) is 29.2. The summed E-state index contributed by atoms with van der Waals surface area (Å²) in [6.07, 6.45) is 2.71. The van der Waals surface area contributed by atoms with Crippen molar-refractivity contribution >= 4 is 23.2 Å². The number of alkyl halides is 3. The van der Waals surface area contributed by atoms with Crippen molar-refractivity contribution < 1.29 is 27.4 Å². The van der Waals surface area contributed by atoms with Crippen LogP contribution in [0.5, 0.6) is 0 Å². The molecular formula is C30H34F3N7O3. The Labute approximate surface area is 247 Å². The Morgan fingerprint density at radius 1 is 1.19 bits per heavy atom. The molecule has 5 heterocycles. The van der Waals surface area contributed by atoms with Crippen LogP contribution in [-0.2, 0) is 22.1 Å². The lowest BCUT2D eigenvalue weighted by molar-refractivity contribution is -0.139. The number of nitrogens with zero attached hydrogens (tertiary/aromatic N) is 6. The largest absolute Gasteiger partial charge is 0.416 e. The van der Waals surface area contributed by atoms with Crippen molar-refractivity contribution in [2.24, 2.45) is 0 Å². The normalized spacial score (nSPS) is 21.1. The van der Waals surface area contributed by atoms with Gasteiger partial charge in [-0.25, -0.2) is 24.7 Å². The predicted molar refractivity (Wildman–Crippen MR) is 154 cm³/mol. The summed E-state index contributed by atoms with van der Waals surface area (Å²) in [6, 6.07) is 4.36. The molecule has 0 aliphatic carbocycles. The molecule has 3 aliphatic rings. The van der Waals surface area contributed by atoms with E-state index in [1.165, 1.54) is 6.07 Å². The summed E-state index contributed by atoms with van der Waals surface area (Å²) >= 11 is 0. The number of piperidine rings is 1. The second kappa shape index (κ2) is 11.3. The minimum absolute atomic E-state index is 0.0539. The minimum Gasteiger partial charge on any atom is -0.365 e. The van der Waals surface area contributed by atoms with Gasteiger partial charge in [-0.2, -0.15) is 13.2 Å². The maximum absolute atomic E-state index is 13.7. The number of urea groups is 1. The van der Waals surface area contributed by atoms with Gasteiger partial charge in [0, 0.05) is 25.1 Å². The van der Waals surface area contributed by atoms with E-state index in [4.69, 9.17) is 9.47 Å². The number of ether oxygens (including phenoxy) is 2. The molecule has 43 heavy (non-hydrogen) atoms. The van der Waals surface area contributed by atoms with Crippen LogP contribution < -0.4 is 15.1 Å². The summed E-state index contributed by atoms with van der Waals surface area (Å²) in [7, 11) is 0. The molecule has 2 fully saturated rings. The number of carbonyl (C=O) groups excluding carboxylic acids is 1. The first-order valence-electron chi connectivity index (χ1n) is 14.5. The number of amides is 2. The lowest BCUT2D eigenvalue weighted by atomic mass is 9.99.